The highest BCUT2D eigenvalue weighted by Gasteiger charge is 1.67. The second-order valence-corrected chi connectivity index (χ2v) is 1.65. The van der Waals surface area contributed by atoms with Gasteiger partial charge in [0.2, 0.25) is 0 Å². The molecule has 0 aromatic rings. The van der Waals surface area contributed by atoms with E-state index in [1.165, 1.54) is 0 Å². The SMILES string of the molecule is [CH]=CC/C=C/C/C=C/[CH2]. The number of hydrogen-bond acceptors (Lipinski definition) is 0. The zero-order valence-electron chi connectivity index (χ0n) is 5.59. The van der Waals surface area contributed by atoms with E-state index in [1.807, 2.05) is 12.2 Å². The van der Waals surface area contributed by atoms with Gasteiger partial charge in [-0.1, -0.05) is 37.0 Å². The van der Waals surface area contributed by atoms with Gasteiger partial charge in [0.05, 0.1) is 0 Å². The predicted molar refractivity (Wildman–Crippen MR) is 41.7 cm³/mol. The molecule has 0 heterocycles. The van der Waals surface area contributed by atoms with Gasteiger partial charge in [-0.2, -0.15) is 0 Å². The average molecular weight is 120 g/mol. The highest BCUT2D eigenvalue weighted by atomic mass is 13.7. The van der Waals surface area contributed by atoms with Crippen molar-refractivity contribution in [2.75, 3.05) is 0 Å². The second-order valence-electron chi connectivity index (χ2n) is 1.65. The molecule has 0 unspecified atom stereocenters. The van der Waals surface area contributed by atoms with E-state index in [-0.39, 0.29) is 0 Å². The Hall–Kier alpha value is -0.780. The Morgan fingerprint density at radius 3 is 2.33 bits per heavy atom. The number of hydrogen-bond donors (Lipinski definition) is 0. The van der Waals surface area contributed by atoms with Crippen LogP contribution in [0.5, 0.6) is 0 Å². The molecule has 9 heavy (non-hydrogen) atoms. The van der Waals surface area contributed by atoms with Crippen LogP contribution in [0.3, 0.4) is 0 Å². The van der Waals surface area contributed by atoms with Crippen LogP contribution >= 0.6 is 0 Å². The molecule has 0 aliphatic carbocycles. The summed E-state index contributed by atoms with van der Waals surface area (Å²) in [5, 5.41) is 0. The lowest BCUT2D eigenvalue weighted by molar-refractivity contribution is 1.31. The summed E-state index contributed by atoms with van der Waals surface area (Å²) in [6.07, 6.45) is 11.3. The molecular weight excluding hydrogens is 108 g/mol. The van der Waals surface area contributed by atoms with Gasteiger partial charge in [0.15, 0.2) is 0 Å². The van der Waals surface area contributed by atoms with Crippen molar-refractivity contribution in [1.29, 1.82) is 0 Å². The fourth-order valence-electron chi connectivity index (χ4n) is 0.446. The van der Waals surface area contributed by atoms with E-state index in [1.54, 1.807) is 12.2 Å². The number of rotatable bonds is 4. The fourth-order valence-corrected chi connectivity index (χ4v) is 0.446. The van der Waals surface area contributed by atoms with Gasteiger partial charge in [-0.3, -0.25) is 0 Å². The minimum atomic E-state index is 0.852. The maximum atomic E-state index is 5.14. The van der Waals surface area contributed by atoms with Crippen molar-refractivity contribution in [2.45, 2.75) is 12.8 Å². The molecule has 0 heteroatoms. The number of allylic oxidation sites excluding steroid dienone is 5. The van der Waals surface area contributed by atoms with Crippen molar-refractivity contribution in [1.82, 2.24) is 0 Å². The molecule has 0 bridgehead atoms. The minimum absolute atomic E-state index is 0.852. The first-order valence-corrected chi connectivity index (χ1v) is 3.04. The molecule has 0 saturated heterocycles. The van der Waals surface area contributed by atoms with Gasteiger partial charge in [-0.25, -0.2) is 0 Å². The lowest BCUT2D eigenvalue weighted by Crippen LogP contribution is -1.57. The van der Waals surface area contributed by atoms with Crippen LogP contribution in [0.1, 0.15) is 12.8 Å². The monoisotopic (exact) mass is 120 g/mol. The van der Waals surface area contributed by atoms with Crippen LogP contribution in [-0.2, 0) is 0 Å². The largest absolute Gasteiger partial charge is 0.0879 e. The van der Waals surface area contributed by atoms with Crippen molar-refractivity contribution in [3.05, 3.63) is 43.9 Å². The van der Waals surface area contributed by atoms with Crippen LogP contribution in [0.2, 0.25) is 0 Å². The molecule has 0 aliphatic heterocycles. The second kappa shape index (κ2) is 7.22. The molecule has 0 N–H and O–H groups in total. The maximum absolute atomic E-state index is 5.14. The summed E-state index contributed by atoms with van der Waals surface area (Å²) < 4.78 is 0. The van der Waals surface area contributed by atoms with Crippen LogP contribution in [0.25, 0.3) is 0 Å². The Labute approximate surface area is 57.6 Å². The standard InChI is InChI=1S/C9H12/c1-3-5-7-9-8-6-4-2/h1,3-4,6-7,9H,2,5,8H2/b3-1?,6-4+,9-7+. The van der Waals surface area contributed by atoms with Crippen LogP contribution in [0.15, 0.2) is 30.4 Å². The summed E-state index contributed by atoms with van der Waals surface area (Å²) in [6, 6.07) is 0. The van der Waals surface area contributed by atoms with E-state index in [0.717, 1.165) is 12.8 Å². The Bertz CT molecular complexity index is 107. The van der Waals surface area contributed by atoms with Crippen molar-refractivity contribution >= 4 is 0 Å². The molecule has 0 aromatic carbocycles. The average Bonchev–Trinajstić information content (AvgIpc) is 1.89. The Kier molecular flexibility index (Phi) is 6.59. The molecular formula is C9H12. The summed E-state index contributed by atoms with van der Waals surface area (Å²) in [6.45, 7) is 8.69. The molecule has 0 aromatic heterocycles. The molecule has 2 radical (unpaired) electrons. The van der Waals surface area contributed by atoms with Crippen molar-refractivity contribution < 1.29 is 0 Å². The van der Waals surface area contributed by atoms with Gasteiger partial charge in [0.25, 0.3) is 0 Å². The third-order valence-electron chi connectivity index (χ3n) is 0.878. The van der Waals surface area contributed by atoms with E-state index in [0.29, 0.717) is 0 Å². The lowest BCUT2D eigenvalue weighted by atomic mass is 10.3. The van der Waals surface area contributed by atoms with Crippen molar-refractivity contribution in [3.63, 3.8) is 0 Å². The van der Waals surface area contributed by atoms with Gasteiger partial charge < -0.3 is 0 Å². The highest BCUT2D eigenvalue weighted by molar-refractivity contribution is 4.95. The first-order valence-electron chi connectivity index (χ1n) is 3.04. The molecule has 0 amide bonds. The van der Waals surface area contributed by atoms with Gasteiger partial charge in [-0.15, -0.1) is 0 Å². The normalized spacial score (nSPS) is 11.2. The van der Waals surface area contributed by atoms with Crippen molar-refractivity contribution in [3.8, 4) is 0 Å². The molecule has 0 saturated carbocycles. The van der Waals surface area contributed by atoms with Gasteiger partial charge in [-0.05, 0) is 19.8 Å². The predicted octanol–water partition coefficient (Wildman–Crippen LogP) is 2.70. The van der Waals surface area contributed by atoms with Crippen LogP contribution < -0.4 is 0 Å². The van der Waals surface area contributed by atoms with E-state index in [2.05, 4.69) is 13.0 Å². The van der Waals surface area contributed by atoms with Crippen molar-refractivity contribution in [2.24, 2.45) is 0 Å². The minimum Gasteiger partial charge on any atom is -0.0879 e. The Balaban J connectivity index is 3.14. The Morgan fingerprint density at radius 1 is 1.11 bits per heavy atom. The van der Waals surface area contributed by atoms with Gasteiger partial charge >= 0.3 is 0 Å². The molecule has 0 aliphatic rings. The lowest BCUT2D eigenvalue weighted by Gasteiger charge is -1.78. The first-order chi connectivity index (χ1) is 4.41. The summed E-state index contributed by atoms with van der Waals surface area (Å²) >= 11 is 0. The smallest absolute Gasteiger partial charge is 0.0166 e. The summed E-state index contributed by atoms with van der Waals surface area (Å²) in [5.74, 6) is 0. The van der Waals surface area contributed by atoms with Crippen LogP contribution in [-0.4, -0.2) is 0 Å². The molecule has 0 spiro atoms. The molecule has 0 rings (SSSR count). The fraction of sp³-hybridized carbons (Fsp3) is 0.222. The molecule has 0 nitrogen and oxygen atoms in total. The first kappa shape index (κ1) is 8.22. The molecule has 0 fully saturated rings. The van der Waals surface area contributed by atoms with E-state index < -0.39 is 0 Å². The Morgan fingerprint density at radius 2 is 1.78 bits per heavy atom. The molecule has 0 atom stereocenters. The summed E-state index contributed by atoms with van der Waals surface area (Å²) in [5.41, 5.74) is 0. The van der Waals surface area contributed by atoms with Crippen LogP contribution in [0, 0.1) is 13.5 Å². The zero-order chi connectivity index (χ0) is 6.95. The quantitative estimate of drug-likeness (QED) is 0.500. The summed E-state index contributed by atoms with van der Waals surface area (Å²) in [4.78, 5) is 0. The van der Waals surface area contributed by atoms with E-state index >= 15 is 0 Å². The topological polar surface area (TPSA) is 0 Å². The van der Waals surface area contributed by atoms with Gasteiger partial charge in [0, 0.05) is 0 Å². The zero-order valence-corrected chi connectivity index (χ0v) is 5.59. The third-order valence-corrected chi connectivity index (χ3v) is 0.878. The molecule has 48 valence electrons. The third kappa shape index (κ3) is 7.22. The summed E-state index contributed by atoms with van der Waals surface area (Å²) in [7, 11) is 0. The van der Waals surface area contributed by atoms with E-state index in [9.17, 15) is 0 Å². The maximum Gasteiger partial charge on any atom is -0.0166 e. The van der Waals surface area contributed by atoms with Gasteiger partial charge in [0.1, 0.15) is 0 Å². The van der Waals surface area contributed by atoms with E-state index in [4.69, 9.17) is 6.58 Å². The highest BCUT2D eigenvalue weighted by Crippen LogP contribution is 1.88. The van der Waals surface area contributed by atoms with Crippen LogP contribution in [0.4, 0.5) is 0 Å².